The molecule has 5 nitrogen and oxygen atoms in total. The lowest BCUT2D eigenvalue weighted by atomic mass is 10.0. The number of nitrogens with one attached hydrogen (secondary N) is 1. The average Bonchev–Trinajstić information content (AvgIpc) is 3.29. The molecule has 1 saturated heterocycles. The molecule has 2 fully saturated rings. The zero-order valence-corrected chi connectivity index (χ0v) is 12.5. The van der Waals surface area contributed by atoms with Crippen LogP contribution in [0.4, 0.5) is 11.4 Å². The summed E-state index contributed by atoms with van der Waals surface area (Å²) in [5.74, 6) is 0. The van der Waals surface area contributed by atoms with E-state index in [-0.39, 0.29) is 10.6 Å². The van der Waals surface area contributed by atoms with Crippen molar-refractivity contribution < 1.29 is 4.92 Å². The molecule has 1 atom stereocenters. The molecule has 1 unspecified atom stereocenters. The van der Waals surface area contributed by atoms with Gasteiger partial charge in [-0.3, -0.25) is 10.1 Å². The number of piperidine rings is 1. The molecule has 5 heteroatoms. The van der Waals surface area contributed by atoms with Crippen LogP contribution in [0.15, 0.2) is 18.2 Å². The lowest BCUT2D eigenvalue weighted by Crippen LogP contribution is -2.44. The summed E-state index contributed by atoms with van der Waals surface area (Å²) in [6.45, 7) is 3.99. The number of nitro groups is 1. The normalized spacial score (nSPS) is 22.0. The minimum absolute atomic E-state index is 0.201. The molecule has 0 bridgehead atoms. The van der Waals surface area contributed by atoms with E-state index < -0.39 is 0 Å². The summed E-state index contributed by atoms with van der Waals surface area (Å²) in [7, 11) is 0. The van der Waals surface area contributed by atoms with Gasteiger partial charge in [0.2, 0.25) is 0 Å². The third-order valence-electron chi connectivity index (χ3n) is 4.41. The Kier molecular flexibility index (Phi) is 4.10. The molecular formula is C16H23N3O2. The number of benzene rings is 1. The number of anilines is 1. The fraction of sp³-hybridized carbons (Fsp3) is 0.625. The minimum atomic E-state index is -0.291. The number of hydrogen-bond donors (Lipinski definition) is 1. The molecule has 1 heterocycles. The van der Waals surface area contributed by atoms with Gasteiger partial charge in [-0.25, -0.2) is 0 Å². The van der Waals surface area contributed by atoms with Crippen LogP contribution in [0.1, 0.15) is 37.7 Å². The van der Waals surface area contributed by atoms with E-state index in [0.29, 0.717) is 12.1 Å². The zero-order valence-electron chi connectivity index (χ0n) is 12.5. The maximum Gasteiger partial charge on any atom is 0.271 e. The van der Waals surface area contributed by atoms with Crippen LogP contribution < -0.4 is 10.2 Å². The summed E-state index contributed by atoms with van der Waals surface area (Å²) in [5.41, 5.74) is 2.17. The number of non-ortho nitro benzene ring substituents is 1. The topological polar surface area (TPSA) is 58.4 Å². The van der Waals surface area contributed by atoms with E-state index in [4.69, 9.17) is 0 Å². The molecule has 1 N–H and O–H groups in total. The summed E-state index contributed by atoms with van der Waals surface area (Å²) < 4.78 is 0. The Balaban J connectivity index is 1.81. The third kappa shape index (κ3) is 3.53. The van der Waals surface area contributed by atoms with Crippen LogP contribution >= 0.6 is 0 Å². The smallest absolute Gasteiger partial charge is 0.271 e. The van der Waals surface area contributed by atoms with Crippen molar-refractivity contribution in [1.82, 2.24) is 5.32 Å². The standard InChI is InChI=1S/C16H23N3O2/c1-12-8-15(10-16(9-12)19(20)21)18(14-5-6-14)11-13-4-2-3-7-17-13/h8-10,13-14,17H,2-7,11H2,1H3. The molecule has 3 rings (SSSR count). The third-order valence-corrected chi connectivity index (χ3v) is 4.41. The molecule has 1 aliphatic heterocycles. The second kappa shape index (κ2) is 6.02. The van der Waals surface area contributed by atoms with Gasteiger partial charge in [0.15, 0.2) is 0 Å². The van der Waals surface area contributed by atoms with Crippen molar-refractivity contribution >= 4 is 11.4 Å². The van der Waals surface area contributed by atoms with Crippen LogP contribution in [0.5, 0.6) is 0 Å². The van der Waals surface area contributed by atoms with Gasteiger partial charge in [0, 0.05) is 36.4 Å². The van der Waals surface area contributed by atoms with Crippen molar-refractivity contribution in [2.45, 2.75) is 51.1 Å². The van der Waals surface area contributed by atoms with Gasteiger partial charge in [0.05, 0.1) is 4.92 Å². The minimum Gasteiger partial charge on any atom is -0.367 e. The first kappa shape index (κ1) is 14.3. The Morgan fingerprint density at radius 1 is 1.29 bits per heavy atom. The summed E-state index contributed by atoms with van der Waals surface area (Å²) in [6, 6.07) is 6.53. The Labute approximate surface area is 125 Å². The molecule has 1 aromatic rings. The molecule has 0 aromatic heterocycles. The monoisotopic (exact) mass is 289 g/mol. The number of rotatable bonds is 5. The van der Waals surface area contributed by atoms with Crippen LogP contribution in [0.2, 0.25) is 0 Å². The van der Waals surface area contributed by atoms with Crippen molar-refractivity contribution in [1.29, 1.82) is 0 Å². The van der Waals surface area contributed by atoms with Gasteiger partial charge in [-0.2, -0.15) is 0 Å². The van der Waals surface area contributed by atoms with Crippen LogP contribution in [0.3, 0.4) is 0 Å². The highest BCUT2D eigenvalue weighted by Gasteiger charge is 2.32. The largest absolute Gasteiger partial charge is 0.367 e. The molecular weight excluding hydrogens is 266 g/mol. The molecule has 1 saturated carbocycles. The van der Waals surface area contributed by atoms with Gasteiger partial charge in [0.25, 0.3) is 5.69 Å². The predicted octanol–water partition coefficient (Wildman–Crippen LogP) is 3.01. The lowest BCUT2D eigenvalue weighted by molar-refractivity contribution is -0.384. The summed E-state index contributed by atoms with van der Waals surface area (Å²) in [6.07, 6.45) is 6.15. The SMILES string of the molecule is Cc1cc(N(CC2CCCCN2)C2CC2)cc([N+](=O)[O-])c1. The molecule has 21 heavy (non-hydrogen) atoms. The fourth-order valence-corrected chi connectivity index (χ4v) is 3.18. The van der Waals surface area contributed by atoms with Crippen LogP contribution in [-0.2, 0) is 0 Å². The maximum atomic E-state index is 11.1. The second-order valence-corrected chi connectivity index (χ2v) is 6.31. The Morgan fingerprint density at radius 2 is 2.10 bits per heavy atom. The van der Waals surface area contributed by atoms with Gasteiger partial charge >= 0.3 is 0 Å². The molecule has 0 amide bonds. The van der Waals surface area contributed by atoms with Crippen molar-refractivity contribution in [2.75, 3.05) is 18.0 Å². The highest BCUT2D eigenvalue weighted by atomic mass is 16.6. The van der Waals surface area contributed by atoms with Crippen LogP contribution in [0.25, 0.3) is 0 Å². The van der Waals surface area contributed by atoms with Crippen molar-refractivity contribution in [3.63, 3.8) is 0 Å². The molecule has 0 radical (unpaired) electrons. The Hall–Kier alpha value is -1.62. The highest BCUT2D eigenvalue weighted by molar-refractivity contribution is 5.57. The average molecular weight is 289 g/mol. The van der Waals surface area contributed by atoms with Crippen molar-refractivity contribution in [3.05, 3.63) is 33.9 Å². The van der Waals surface area contributed by atoms with E-state index in [9.17, 15) is 10.1 Å². The number of aryl methyl sites for hydroxylation is 1. The first-order valence-corrected chi connectivity index (χ1v) is 7.89. The van der Waals surface area contributed by atoms with E-state index >= 15 is 0 Å². The molecule has 1 aromatic carbocycles. The first-order chi connectivity index (χ1) is 10.1. The summed E-state index contributed by atoms with van der Waals surface area (Å²) in [4.78, 5) is 13.2. The van der Waals surface area contributed by atoms with E-state index in [2.05, 4.69) is 16.3 Å². The van der Waals surface area contributed by atoms with Gasteiger partial charge in [0.1, 0.15) is 0 Å². The van der Waals surface area contributed by atoms with Crippen molar-refractivity contribution in [3.8, 4) is 0 Å². The summed E-state index contributed by atoms with van der Waals surface area (Å²) in [5, 5.41) is 14.7. The van der Waals surface area contributed by atoms with E-state index in [1.165, 1.54) is 32.1 Å². The molecule has 114 valence electrons. The predicted molar refractivity (Wildman–Crippen MR) is 83.8 cm³/mol. The van der Waals surface area contributed by atoms with E-state index in [1.807, 2.05) is 6.92 Å². The van der Waals surface area contributed by atoms with Gasteiger partial charge in [-0.1, -0.05) is 6.42 Å². The molecule has 1 aliphatic carbocycles. The van der Waals surface area contributed by atoms with E-state index in [1.54, 1.807) is 12.1 Å². The Bertz CT molecular complexity index is 522. The maximum absolute atomic E-state index is 11.1. The van der Waals surface area contributed by atoms with Gasteiger partial charge in [-0.05, 0) is 50.8 Å². The highest BCUT2D eigenvalue weighted by Crippen LogP contribution is 2.34. The van der Waals surface area contributed by atoms with Crippen molar-refractivity contribution in [2.24, 2.45) is 0 Å². The van der Waals surface area contributed by atoms with Gasteiger partial charge in [-0.15, -0.1) is 0 Å². The van der Waals surface area contributed by atoms with Crippen LogP contribution in [0, 0.1) is 17.0 Å². The number of nitrogens with zero attached hydrogens (tertiary/aromatic N) is 2. The number of hydrogen-bond acceptors (Lipinski definition) is 4. The summed E-state index contributed by atoms with van der Waals surface area (Å²) >= 11 is 0. The second-order valence-electron chi connectivity index (χ2n) is 6.31. The molecule has 2 aliphatic rings. The first-order valence-electron chi connectivity index (χ1n) is 7.89. The zero-order chi connectivity index (χ0) is 14.8. The fourth-order valence-electron chi connectivity index (χ4n) is 3.18. The lowest BCUT2D eigenvalue weighted by Gasteiger charge is -2.32. The quantitative estimate of drug-likeness (QED) is 0.668. The number of nitro benzene ring substituents is 1. The van der Waals surface area contributed by atoms with Gasteiger partial charge < -0.3 is 10.2 Å². The van der Waals surface area contributed by atoms with E-state index in [0.717, 1.165) is 24.3 Å². The molecule has 0 spiro atoms. The van der Waals surface area contributed by atoms with Crippen LogP contribution in [-0.4, -0.2) is 30.1 Å². The Morgan fingerprint density at radius 3 is 2.71 bits per heavy atom.